The van der Waals surface area contributed by atoms with Crippen LogP contribution in [0.3, 0.4) is 0 Å². The Hall–Kier alpha value is -2.51. The Bertz CT molecular complexity index is 783. The molecule has 0 bridgehead atoms. The molecule has 1 fully saturated rings. The molecule has 3 rings (SSSR count). The summed E-state index contributed by atoms with van der Waals surface area (Å²) in [6, 6.07) is 18.9. The first-order valence-corrected chi connectivity index (χ1v) is 9.26. The highest BCUT2D eigenvalue weighted by atomic mass is 32.1. The second-order valence-corrected chi connectivity index (χ2v) is 6.70. The van der Waals surface area contributed by atoms with Crippen molar-refractivity contribution in [2.24, 2.45) is 0 Å². The maximum absolute atomic E-state index is 12.6. The fraction of sp³-hybridized carbons (Fsp3) is 0.211. The van der Waals surface area contributed by atoms with Gasteiger partial charge >= 0.3 is 0 Å². The van der Waals surface area contributed by atoms with E-state index in [0.29, 0.717) is 23.2 Å². The van der Waals surface area contributed by atoms with Gasteiger partial charge < -0.3 is 16.0 Å². The van der Waals surface area contributed by atoms with E-state index >= 15 is 0 Å². The second-order valence-electron chi connectivity index (χ2n) is 5.90. The smallest absolute Gasteiger partial charge is 0.255 e. The highest BCUT2D eigenvalue weighted by Gasteiger charge is 2.35. The van der Waals surface area contributed by atoms with Crippen LogP contribution >= 0.6 is 24.4 Å². The number of carbonyl (C=O) groups is 1. The molecular formula is C19H20N4OS2. The second kappa shape index (κ2) is 8.73. The van der Waals surface area contributed by atoms with Crippen molar-refractivity contribution >= 4 is 51.9 Å². The van der Waals surface area contributed by atoms with Crippen LogP contribution in [-0.2, 0) is 4.79 Å². The fourth-order valence-corrected chi connectivity index (χ4v) is 3.31. The molecule has 1 heterocycles. The molecule has 2 aromatic carbocycles. The number of thiocarbonyl (C=S) groups is 2. The Morgan fingerprint density at radius 2 is 1.73 bits per heavy atom. The molecule has 5 nitrogen and oxygen atoms in total. The predicted molar refractivity (Wildman–Crippen MR) is 113 cm³/mol. The van der Waals surface area contributed by atoms with Crippen LogP contribution < -0.4 is 20.9 Å². The van der Waals surface area contributed by atoms with Crippen LogP contribution in [0.25, 0.3) is 0 Å². The van der Waals surface area contributed by atoms with Crippen LogP contribution in [0.15, 0.2) is 60.7 Å². The van der Waals surface area contributed by atoms with Crippen LogP contribution in [0.5, 0.6) is 0 Å². The molecule has 0 spiro atoms. The molecule has 7 heteroatoms. The highest BCUT2D eigenvalue weighted by molar-refractivity contribution is 7.80. The first kappa shape index (κ1) is 18.3. The quantitative estimate of drug-likeness (QED) is 0.526. The lowest BCUT2D eigenvalue weighted by atomic mass is 10.1. The Morgan fingerprint density at radius 3 is 2.42 bits per heavy atom. The van der Waals surface area contributed by atoms with Gasteiger partial charge in [0.05, 0.1) is 5.69 Å². The van der Waals surface area contributed by atoms with Crippen LogP contribution in [0.2, 0.25) is 0 Å². The van der Waals surface area contributed by atoms with E-state index in [0.717, 1.165) is 17.8 Å². The molecule has 1 atom stereocenters. The van der Waals surface area contributed by atoms with Crippen LogP contribution in [0.1, 0.15) is 12.8 Å². The minimum atomic E-state index is -0.292. The average molecular weight is 385 g/mol. The van der Waals surface area contributed by atoms with Gasteiger partial charge in [0.2, 0.25) is 0 Å². The molecule has 0 aliphatic carbocycles. The van der Waals surface area contributed by atoms with Gasteiger partial charge in [-0.3, -0.25) is 9.69 Å². The monoisotopic (exact) mass is 384 g/mol. The zero-order valence-corrected chi connectivity index (χ0v) is 15.8. The maximum atomic E-state index is 12.6. The maximum Gasteiger partial charge on any atom is 0.255 e. The van der Waals surface area contributed by atoms with Gasteiger partial charge in [-0.15, -0.1) is 0 Å². The minimum Gasteiger partial charge on any atom is -0.362 e. The first-order valence-electron chi connectivity index (χ1n) is 8.44. The number of nitrogens with one attached hydrogen (secondary N) is 3. The van der Waals surface area contributed by atoms with Gasteiger partial charge in [-0.2, -0.15) is 0 Å². The molecule has 3 N–H and O–H groups in total. The van der Waals surface area contributed by atoms with E-state index in [1.807, 2.05) is 60.7 Å². The van der Waals surface area contributed by atoms with E-state index in [2.05, 4.69) is 16.0 Å². The van der Waals surface area contributed by atoms with E-state index in [-0.39, 0.29) is 11.9 Å². The molecule has 1 amide bonds. The Morgan fingerprint density at radius 1 is 1.08 bits per heavy atom. The van der Waals surface area contributed by atoms with Gasteiger partial charge in [0.25, 0.3) is 5.91 Å². The topological polar surface area (TPSA) is 56.4 Å². The molecule has 0 aromatic heterocycles. The van der Waals surface area contributed by atoms with E-state index in [4.69, 9.17) is 24.4 Å². The van der Waals surface area contributed by atoms with E-state index in [1.165, 1.54) is 0 Å². The van der Waals surface area contributed by atoms with Gasteiger partial charge in [0.1, 0.15) is 6.04 Å². The highest BCUT2D eigenvalue weighted by Crippen LogP contribution is 2.20. The SMILES string of the molecule is O=C1[C@H](CCCNC(=S)Nc2ccccc2)NC(=S)N1c1ccccc1. The van der Waals surface area contributed by atoms with Gasteiger partial charge in [-0.25, -0.2) is 0 Å². The largest absolute Gasteiger partial charge is 0.362 e. The number of anilines is 2. The van der Waals surface area contributed by atoms with Crippen molar-refractivity contribution in [2.45, 2.75) is 18.9 Å². The van der Waals surface area contributed by atoms with Crippen LogP contribution in [-0.4, -0.2) is 28.7 Å². The summed E-state index contributed by atoms with van der Waals surface area (Å²) in [7, 11) is 0. The summed E-state index contributed by atoms with van der Waals surface area (Å²) < 4.78 is 0. The van der Waals surface area contributed by atoms with Crippen molar-refractivity contribution in [2.75, 3.05) is 16.8 Å². The van der Waals surface area contributed by atoms with Crippen molar-refractivity contribution in [3.05, 3.63) is 60.7 Å². The van der Waals surface area contributed by atoms with Gasteiger partial charge in [0.15, 0.2) is 10.2 Å². The van der Waals surface area contributed by atoms with Crippen molar-refractivity contribution < 1.29 is 4.79 Å². The Labute approximate surface area is 163 Å². The molecule has 0 saturated carbocycles. The molecule has 26 heavy (non-hydrogen) atoms. The summed E-state index contributed by atoms with van der Waals surface area (Å²) in [6.07, 6.45) is 1.48. The van der Waals surface area contributed by atoms with Crippen molar-refractivity contribution in [1.29, 1.82) is 0 Å². The van der Waals surface area contributed by atoms with Gasteiger partial charge in [0, 0.05) is 12.2 Å². The van der Waals surface area contributed by atoms with E-state index in [9.17, 15) is 4.79 Å². The van der Waals surface area contributed by atoms with Crippen molar-refractivity contribution in [1.82, 2.24) is 10.6 Å². The Kier molecular flexibility index (Phi) is 6.14. The standard InChI is InChI=1S/C19H20N4OS2/c24-17-16(22-19(26)23(17)15-10-5-2-6-11-15)12-7-13-20-18(25)21-14-8-3-1-4-9-14/h1-6,8-11,16H,7,12-13H2,(H,22,26)(H2,20,21,25)/t16-/m0/s1. The number of hydrogen-bond acceptors (Lipinski definition) is 3. The summed E-state index contributed by atoms with van der Waals surface area (Å²) in [5, 5.41) is 10.4. The summed E-state index contributed by atoms with van der Waals surface area (Å²) in [5.41, 5.74) is 1.74. The van der Waals surface area contributed by atoms with Gasteiger partial charge in [-0.1, -0.05) is 36.4 Å². The summed E-state index contributed by atoms with van der Waals surface area (Å²) in [4.78, 5) is 14.2. The molecule has 0 radical (unpaired) electrons. The number of amides is 1. The molecular weight excluding hydrogens is 364 g/mol. The third-order valence-electron chi connectivity index (χ3n) is 4.02. The molecule has 2 aromatic rings. The molecule has 1 aliphatic rings. The number of nitrogens with zero attached hydrogens (tertiary/aromatic N) is 1. The van der Waals surface area contributed by atoms with Crippen molar-refractivity contribution in [3.63, 3.8) is 0 Å². The Balaban J connectivity index is 1.43. The number of carbonyl (C=O) groups excluding carboxylic acids is 1. The van der Waals surface area contributed by atoms with Crippen LogP contribution in [0.4, 0.5) is 11.4 Å². The fourth-order valence-electron chi connectivity index (χ4n) is 2.75. The van der Waals surface area contributed by atoms with E-state index < -0.39 is 0 Å². The van der Waals surface area contributed by atoms with Crippen molar-refractivity contribution in [3.8, 4) is 0 Å². The zero-order valence-electron chi connectivity index (χ0n) is 14.1. The number of rotatable bonds is 6. The lowest BCUT2D eigenvalue weighted by Gasteiger charge is -2.14. The summed E-state index contributed by atoms with van der Waals surface area (Å²) in [6.45, 7) is 0.683. The molecule has 0 unspecified atom stereocenters. The molecule has 1 aliphatic heterocycles. The zero-order chi connectivity index (χ0) is 18.4. The predicted octanol–water partition coefficient (Wildman–Crippen LogP) is 3.04. The lowest BCUT2D eigenvalue weighted by Crippen LogP contribution is -2.33. The molecule has 134 valence electrons. The van der Waals surface area contributed by atoms with Crippen LogP contribution in [0, 0.1) is 0 Å². The number of benzene rings is 2. The van der Waals surface area contributed by atoms with E-state index in [1.54, 1.807) is 4.90 Å². The summed E-state index contributed by atoms with van der Waals surface area (Å²) in [5.74, 6) is -0.00816. The lowest BCUT2D eigenvalue weighted by molar-refractivity contribution is -0.118. The average Bonchev–Trinajstić information content (AvgIpc) is 2.94. The third kappa shape index (κ3) is 4.56. The van der Waals surface area contributed by atoms with Gasteiger partial charge in [-0.05, 0) is 61.5 Å². The third-order valence-corrected chi connectivity index (χ3v) is 4.57. The number of para-hydroxylation sites is 2. The minimum absolute atomic E-state index is 0.00816. The first-order chi connectivity index (χ1) is 12.6. The molecule has 1 saturated heterocycles. The normalized spacial score (nSPS) is 16.3. The number of hydrogen-bond donors (Lipinski definition) is 3. The summed E-state index contributed by atoms with van der Waals surface area (Å²) >= 11 is 10.6.